The van der Waals surface area contributed by atoms with Crippen LogP contribution in [0.5, 0.6) is 5.88 Å². The Bertz CT molecular complexity index is 1160. The summed E-state index contributed by atoms with van der Waals surface area (Å²) in [6.45, 7) is 0.0851. The van der Waals surface area contributed by atoms with Gasteiger partial charge in [0.1, 0.15) is 16.1 Å². The minimum atomic E-state index is -4.66. The smallest absolute Gasteiger partial charge is 0.416 e. The Morgan fingerprint density at radius 2 is 1.83 bits per heavy atom. The van der Waals surface area contributed by atoms with Gasteiger partial charge in [-0.1, -0.05) is 41.9 Å². The number of aromatic nitrogens is 2. The number of alkyl halides is 3. The number of hydrogen-bond donors (Lipinski definition) is 1. The van der Waals surface area contributed by atoms with Crippen LogP contribution in [-0.4, -0.2) is 18.4 Å². The first-order chi connectivity index (χ1) is 14.1. The topological polar surface area (TPSA) is 81.2 Å². The molecule has 0 aliphatic heterocycles. The minimum Gasteiger partial charge on any atom is -0.470 e. The number of hydrogen-bond acceptors (Lipinski definition) is 5. The molecule has 0 saturated heterocycles. The molecule has 6 nitrogen and oxygen atoms in total. The predicted octanol–water partition coefficient (Wildman–Crippen LogP) is 5.29. The number of nitrogens with zero attached hydrogens (tertiary/aromatic N) is 2. The second-order valence-electron chi connectivity index (χ2n) is 5.87. The predicted molar refractivity (Wildman–Crippen MR) is 108 cm³/mol. The van der Waals surface area contributed by atoms with Gasteiger partial charge in [0.2, 0.25) is 5.82 Å². The fourth-order valence-corrected chi connectivity index (χ4v) is 4.14. The van der Waals surface area contributed by atoms with E-state index in [1.54, 1.807) is 12.1 Å². The minimum absolute atomic E-state index is 0.0851. The van der Waals surface area contributed by atoms with Gasteiger partial charge in [0.15, 0.2) is 0 Å². The summed E-state index contributed by atoms with van der Waals surface area (Å²) in [7, 11) is -4.37. The van der Waals surface area contributed by atoms with Crippen LogP contribution in [0.2, 0.25) is 5.02 Å². The third-order valence-electron chi connectivity index (χ3n) is 3.71. The first-order valence-corrected chi connectivity index (χ1v) is 10.8. The molecule has 0 fully saturated rings. The Kier molecular flexibility index (Phi) is 6.53. The van der Waals surface area contributed by atoms with Crippen LogP contribution >= 0.6 is 27.5 Å². The molecular weight excluding hydrogens is 511 g/mol. The fraction of sp³-hybridized carbons (Fsp3) is 0.111. The average Bonchev–Trinajstić information content (AvgIpc) is 2.68. The Morgan fingerprint density at radius 1 is 1.13 bits per heavy atom. The molecule has 0 saturated carbocycles. The zero-order valence-electron chi connectivity index (χ0n) is 14.8. The highest BCUT2D eigenvalue weighted by Crippen LogP contribution is 2.34. The molecule has 0 bridgehead atoms. The Hall–Kier alpha value is -2.37. The van der Waals surface area contributed by atoms with Crippen LogP contribution in [0.4, 0.5) is 19.0 Å². The standard InChI is InChI=1S/C18H12BrClF3N3O3S/c19-15-9-24-16(17(25-15)29-10-11-4-2-1-3-5-11)26-30(27,28)14-7-6-12(8-13(14)20)18(21,22)23/h1-9H,10H2,(H,24,26). The van der Waals surface area contributed by atoms with Crippen LogP contribution in [0.15, 0.2) is 64.2 Å². The van der Waals surface area contributed by atoms with Crippen LogP contribution in [0.3, 0.4) is 0 Å². The van der Waals surface area contributed by atoms with E-state index in [0.717, 1.165) is 11.6 Å². The lowest BCUT2D eigenvalue weighted by Gasteiger charge is -2.14. The molecular formula is C18H12BrClF3N3O3S. The normalized spacial score (nSPS) is 11.9. The van der Waals surface area contributed by atoms with E-state index in [9.17, 15) is 21.6 Å². The number of halogens is 5. The third-order valence-corrected chi connectivity index (χ3v) is 5.91. The van der Waals surface area contributed by atoms with Crippen molar-refractivity contribution >= 4 is 43.4 Å². The molecule has 0 unspecified atom stereocenters. The lowest BCUT2D eigenvalue weighted by molar-refractivity contribution is -0.137. The van der Waals surface area contributed by atoms with E-state index >= 15 is 0 Å². The van der Waals surface area contributed by atoms with Gasteiger partial charge in [-0.25, -0.2) is 18.4 Å². The average molecular weight is 523 g/mol. The van der Waals surface area contributed by atoms with E-state index < -0.39 is 31.7 Å². The maximum Gasteiger partial charge on any atom is 0.416 e. The summed E-state index contributed by atoms with van der Waals surface area (Å²) in [5, 5.41) is -0.589. The van der Waals surface area contributed by atoms with Crippen molar-refractivity contribution in [2.45, 2.75) is 17.7 Å². The van der Waals surface area contributed by atoms with Crippen LogP contribution in [0.25, 0.3) is 0 Å². The highest BCUT2D eigenvalue weighted by atomic mass is 79.9. The zero-order chi connectivity index (χ0) is 21.9. The van der Waals surface area contributed by atoms with Crippen LogP contribution in [0.1, 0.15) is 11.1 Å². The Labute approximate surface area is 183 Å². The van der Waals surface area contributed by atoms with Gasteiger partial charge in [-0.05, 0) is 39.7 Å². The molecule has 0 spiro atoms. The van der Waals surface area contributed by atoms with Gasteiger partial charge < -0.3 is 4.74 Å². The summed E-state index contributed by atoms with van der Waals surface area (Å²) >= 11 is 8.93. The lowest BCUT2D eigenvalue weighted by Crippen LogP contribution is -2.16. The third kappa shape index (κ3) is 5.41. The molecule has 2 aromatic carbocycles. The number of sulfonamides is 1. The molecule has 0 aliphatic rings. The van der Waals surface area contributed by atoms with E-state index in [4.69, 9.17) is 16.3 Å². The first-order valence-electron chi connectivity index (χ1n) is 8.15. The van der Waals surface area contributed by atoms with E-state index in [0.29, 0.717) is 16.7 Å². The van der Waals surface area contributed by atoms with Crippen molar-refractivity contribution in [1.29, 1.82) is 0 Å². The number of benzene rings is 2. The van der Waals surface area contributed by atoms with Crippen molar-refractivity contribution in [1.82, 2.24) is 9.97 Å². The van der Waals surface area contributed by atoms with Crippen molar-refractivity contribution in [2.24, 2.45) is 0 Å². The van der Waals surface area contributed by atoms with E-state index in [2.05, 4.69) is 30.6 Å². The molecule has 0 radical (unpaired) electrons. The van der Waals surface area contributed by atoms with Crippen LogP contribution in [-0.2, 0) is 22.8 Å². The second kappa shape index (κ2) is 8.78. The van der Waals surface area contributed by atoms with Gasteiger partial charge in [0.05, 0.1) is 16.8 Å². The summed E-state index contributed by atoms with van der Waals surface area (Å²) in [6, 6.07) is 11.0. The lowest BCUT2D eigenvalue weighted by atomic mass is 10.2. The van der Waals surface area contributed by atoms with Crippen molar-refractivity contribution in [3.63, 3.8) is 0 Å². The van der Waals surface area contributed by atoms with Crippen LogP contribution in [0, 0.1) is 0 Å². The molecule has 0 amide bonds. The largest absolute Gasteiger partial charge is 0.470 e. The number of rotatable bonds is 6. The second-order valence-corrected chi connectivity index (χ2v) is 8.74. The van der Waals surface area contributed by atoms with Gasteiger partial charge in [-0.15, -0.1) is 0 Å². The zero-order valence-corrected chi connectivity index (χ0v) is 18.0. The number of anilines is 1. The molecule has 158 valence electrons. The molecule has 0 atom stereocenters. The van der Waals surface area contributed by atoms with Crippen molar-refractivity contribution in [2.75, 3.05) is 4.72 Å². The van der Waals surface area contributed by atoms with Crippen molar-refractivity contribution in [3.8, 4) is 5.88 Å². The van der Waals surface area contributed by atoms with Gasteiger partial charge >= 0.3 is 6.18 Å². The van der Waals surface area contributed by atoms with E-state index in [1.165, 1.54) is 6.20 Å². The van der Waals surface area contributed by atoms with Gasteiger partial charge in [-0.2, -0.15) is 13.2 Å². The maximum atomic E-state index is 12.8. The summed E-state index contributed by atoms with van der Waals surface area (Å²) in [6.07, 6.45) is -3.42. The molecule has 3 aromatic rings. The van der Waals surface area contributed by atoms with E-state index in [1.807, 2.05) is 18.2 Å². The Balaban J connectivity index is 1.88. The summed E-state index contributed by atoms with van der Waals surface area (Å²) < 4.78 is 71.8. The first kappa shape index (κ1) is 22.3. The Morgan fingerprint density at radius 3 is 2.47 bits per heavy atom. The molecule has 30 heavy (non-hydrogen) atoms. The molecule has 12 heteroatoms. The van der Waals surface area contributed by atoms with Crippen molar-refractivity contribution < 1.29 is 26.3 Å². The molecule has 0 aliphatic carbocycles. The summed E-state index contributed by atoms with van der Waals surface area (Å²) in [5.41, 5.74) is -0.263. The number of ether oxygens (including phenoxy) is 1. The summed E-state index contributed by atoms with van der Waals surface area (Å²) in [5.74, 6) is -0.370. The monoisotopic (exact) mass is 521 g/mol. The van der Waals surface area contributed by atoms with Crippen LogP contribution < -0.4 is 9.46 Å². The fourth-order valence-electron chi connectivity index (χ4n) is 2.33. The van der Waals surface area contributed by atoms with Gasteiger partial charge in [0.25, 0.3) is 15.9 Å². The molecule has 3 rings (SSSR count). The highest BCUT2D eigenvalue weighted by Gasteiger charge is 2.32. The molecule has 1 N–H and O–H groups in total. The van der Waals surface area contributed by atoms with Gasteiger partial charge in [-0.3, -0.25) is 4.72 Å². The quantitative estimate of drug-likeness (QED) is 0.476. The molecule has 1 heterocycles. The maximum absolute atomic E-state index is 12.8. The summed E-state index contributed by atoms with van der Waals surface area (Å²) in [4.78, 5) is 7.45. The number of nitrogens with one attached hydrogen (secondary N) is 1. The molecule has 1 aromatic heterocycles. The SMILES string of the molecule is O=S(=O)(Nc1ncc(Br)nc1OCc1ccccc1)c1ccc(C(F)(F)F)cc1Cl. The van der Waals surface area contributed by atoms with Crippen molar-refractivity contribution in [3.05, 3.63) is 75.5 Å². The highest BCUT2D eigenvalue weighted by molar-refractivity contribution is 9.10. The van der Waals surface area contributed by atoms with Gasteiger partial charge in [0, 0.05) is 0 Å². The van der Waals surface area contributed by atoms with E-state index in [-0.39, 0.29) is 18.3 Å².